The maximum Gasteiger partial charge on any atom is 0.498 e. The second kappa shape index (κ2) is 8.27. The van der Waals surface area contributed by atoms with E-state index in [4.69, 9.17) is 13.5 Å². The van der Waals surface area contributed by atoms with Crippen LogP contribution in [0, 0.1) is 6.92 Å². The molecule has 172 valence electrons. The maximum absolute atomic E-state index is 13.2. The van der Waals surface area contributed by atoms with E-state index in [1.807, 2.05) is 52.8 Å². The molecule has 0 unspecified atom stereocenters. The summed E-state index contributed by atoms with van der Waals surface area (Å²) in [6, 6.07) is 12.1. The number of rotatable bonds is 6. The summed E-state index contributed by atoms with van der Waals surface area (Å²) in [5.74, 6) is 0.109. The maximum atomic E-state index is 13.2. The standard InChI is InChI=1S/C25H28BNO5S/c1-7-9-18-16-21(26-31-24(3,4)25(5,6)32-26)23(22-20(18)10-8-15-27-22)30-33(28,29)19-13-11-17(2)12-14-19/h7-8,10-16H,1,9H2,2-6H3. The van der Waals surface area contributed by atoms with E-state index in [1.165, 1.54) is 12.1 Å². The minimum atomic E-state index is -4.13. The molecule has 2 heterocycles. The molecule has 0 N–H and O–H groups in total. The predicted molar refractivity (Wildman–Crippen MR) is 130 cm³/mol. The molecule has 0 radical (unpaired) electrons. The van der Waals surface area contributed by atoms with Crippen molar-refractivity contribution in [1.82, 2.24) is 4.98 Å². The molecule has 1 aliphatic rings. The molecule has 0 saturated carbocycles. The van der Waals surface area contributed by atoms with Crippen LogP contribution in [0.4, 0.5) is 0 Å². The molecule has 1 aliphatic heterocycles. The molecule has 1 fully saturated rings. The zero-order valence-corrected chi connectivity index (χ0v) is 20.4. The first-order chi connectivity index (χ1) is 15.4. The van der Waals surface area contributed by atoms with Gasteiger partial charge in [-0.2, -0.15) is 8.42 Å². The van der Waals surface area contributed by atoms with E-state index in [0.29, 0.717) is 17.4 Å². The van der Waals surface area contributed by atoms with E-state index in [1.54, 1.807) is 24.4 Å². The first-order valence-corrected chi connectivity index (χ1v) is 12.2. The third-order valence-electron chi connectivity index (χ3n) is 6.33. The second-order valence-electron chi connectivity index (χ2n) is 9.29. The van der Waals surface area contributed by atoms with Gasteiger partial charge in [0.1, 0.15) is 10.4 Å². The molecule has 0 aliphatic carbocycles. The van der Waals surface area contributed by atoms with Crippen LogP contribution in [0.5, 0.6) is 5.75 Å². The van der Waals surface area contributed by atoms with Crippen molar-refractivity contribution in [1.29, 1.82) is 0 Å². The van der Waals surface area contributed by atoms with Crippen molar-refractivity contribution in [2.24, 2.45) is 0 Å². The Hall–Kier alpha value is -2.68. The zero-order chi connectivity index (χ0) is 24.0. The Balaban J connectivity index is 1.92. The van der Waals surface area contributed by atoms with Gasteiger partial charge in [-0.05, 0) is 64.8 Å². The lowest BCUT2D eigenvalue weighted by Gasteiger charge is -2.32. The Labute approximate surface area is 195 Å². The molecule has 0 atom stereocenters. The van der Waals surface area contributed by atoms with E-state index < -0.39 is 28.4 Å². The number of hydrogen-bond donors (Lipinski definition) is 0. The highest BCUT2D eigenvalue weighted by Crippen LogP contribution is 2.39. The van der Waals surface area contributed by atoms with Crippen LogP contribution in [0.3, 0.4) is 0 Å². The lowest BCUT2D eigenvalue weighted by Crippen LogP contribution is -2.41. The number of fused-ring (bicyclic) bond motifs is 1. The monoisotopic (exact) mass is 465 g/mol. The van der Waals surface area contributed by atoms with Gasteiger partial charge in [0.15, 0.2) is 5.75 Å². The third kappa shape index (κ3) is 4.30. The summed E-state index contributed by atoms with van der Waals surface area (Å²) in [6.07, 6.45) is 3.97. The molecule has 1 saturated heterocycles. The van der Waals surface area contributed by atoms with Crippen LogP contribution in [0.2, 0.25) is 0 Å². The number of aryl methyl sites for hydroxylation is 1. The van der Waals surface area contributed by atoms with Crippen LogP contribution in [-0.2, 0) is 25.8 Å². The van der Waals surface area contributed by atoms with Crippen molar-refractivity contribution in [2.45, 2.75) is 57.1 Å². The van der Waals surface area contributed by atoms with E-state index in [-0.39, 0.29) is 10.6 Å². The Morgan fingerprint density at radius 2 is 1.73 bits per heavy atom. The molecule has 33 heavy (non-hydrogen) atoms. The van der Waals surface area contributed by atoms with Crippen LogP contribution in [0.1, 0.15) is 38.8 Å². The molecule has 8 heteroatoms. The van der Waals surface area contributed by atoms with Crippen molar-refractivity contribution in [3.05, 3.63) is 72.4 Å². The van der Waals surface area contributed by atoms with Crippen LogP contribution >= 0.6 is 0 Å². The highest BCUT2D eigenvalue weighted by atomic mass is 32.2. The first kappa shape index (κ1) is 23.5. The van der Waals surface area contributed by atoms with E-state index >= 15 is 0 Å². The molecular weight excluding hydrogens is 437 g/mol. The summed E-state index contributed by atoms with van der Waals surface area (Å²) in [5, 5.41) is 0.784. The minimum absolute atomic E-state index is 0.0622. The van der Waals surface area contributed by atoms with Gasteiger partial charge >= 0.3 is 17.2 Å². The Morgan fingerprint density at radius 1 is 1.09 bits per heavy atom. The van der Waals surface area contributed by atoms with Crippen molar-refractivity contribution >= 4 is 33.6 Å². The Bertz CT molecular complexity index is 1300. The third-order valence-corrected chi connectivity index (χ3v) is 7.57. The van der Waals surface area contributed by atoms with Gasteiger partial charge < -0.3 is 13.5 Å². The number of nitrogens with zero attached hydrogens (tertiary/aromatic N) is 1. The average molecular weight is 465 g/mol. The van der Waals surface area contributed by atoms with Crippen LogP contribution < -0.4 is 9.65 Å². The van der Waals surface area contributed by atoms with Gasteiger partial charge in [-0.3, -0.25) is 4.98 Å². The quantitative estimate of drug-likeness (QED) is 0.306. The normalized spacial score (nSPS) is 17.3. The van der Waals surface area contributed by atoms with Crippen LogP contribution in [0.15, 0.2) is 66.2 Å². The average Bonchev–Trinajstić information content (AvgIpc) is 2.97. The summed E-state index contributed by atoms with van der Waals surface area (Å²) in [4.78, 5) is 4.55. The largest absolute Gasteiger partial charge is 0.498 e. The van der Waals surface area contributed by atoms with Gasteiger partial charge in [0.25, 0.3) is 0 Å². The highest BCUT2D eigenvalue weighted by molar-refractivity contribution is 7.87. The molecule has 0 spiro atoms. The number of aromatic nitrogens is 1. The lowest BCUT2D eigenvalue weighted by atomic mass is 9.76. The Morgan fingerprint density at radius 3 is 2.33 bits per heavy atom. The summed E-state index contributed by atoms with van der Waals surface area (Å²) < 4.78 is 44.8. The van der Waals surface area contributed by atoms with E-state index in [0.717, 1.165) is 16.5 Å². The minimum Gasteiger partial charge on any atom is -0.399 e. The smallest absolute Gasteiger partial charge is 0.399 e. The molecule has 0 bridgehead atoms. The number of pyridine rings is 1. The zero-order valence-electron chi connectivity index (χ0n) is 19.6. The molecular formula is C25H28BNO5S. The van der Waals surface area contributed by atoms with Crippen molar-refractivity contribution in [2.75, 3.05) is 0 Å². The fourth-order valence-corrected chi connectivity index (χ4v) is 4.69. The van der Waals surface area contributed by atoms with Gasteiger partial charge in [-0.1, -0.05) is 35.9 Å². The lowest BCUT2D eigenvalue weighted by molar-refractivity contribution is 0.00578. The molecule has 1 aromatic heterocycles. The Kier molecular flexibility index (Phi) is 5.89. The predicted octanol–water partition coefficient (Wildman–Crippen LogP) is 4.34. The first-order valence-electron chi connectivity index (χ1n) is 10.8. The van der Waals surface area contributed by atoms with Gasteiger partial charge in [0, 0.05) is 17.0 Å². The van der Waals surface area contributed by atoms with E-state index in [9.17, 15) is 8.42 Å². The summed E-state index contributed by atoms with van der Waals surface area (Å²) in [5.41, 5.74) is 1.57. The van der Waals surface area contributed by atoms with E-state index in [2.05, 4.69) is 11.6 Å². The fourth-order valence-electron chi connectivity index (χ4n) is 3.73. The summed E-state index contributed by atoms with van der Waals surface area (Å²) in [6.45, 7) is 13.5. The van der Waals surface area contributed by atoms with Gasteiger partial charge in [0.2, 0.25) is 0 Å². The van der Waals surface area contributed by atoms with Crippen molar-refractivity contribution in [3.8, 4) is 5.75 Å². The van der Waals surface area contributed by atoms with Gasteiger partial charge in [-0.15, -0.1) is 6.58 Å². The summed E-state index contributed by atoms with van der Waals surface area (Å²) in [7, 11) is -4.95. The number of hydrogen-bond acceptors (Lipinski definition) is 6. The fraction of sp³-hybridized carbons (Fsp3) is 0.320. The molecule has 6 nitrogen and oxygen atoms in total. The second-order valence-corrected chi connectivity index (χ2v) is 10.8. The SMILES string of the molecule is C=CCc1cc(B2OC(C)(C)C(C)(C)O2)c(OS(=O)(=O)c2ccc(C)cc2)c2ncccc12. The van der Waals surface area contributed by atoms with Gasteiger partial charge in [0.05, 0.1) is 11.2 Å². The van der Waals surface area contributed by atoms with Crippen LogP contribution in [0.25, 0.3) is 10.9 Å². The topological polar surface area (TPSA) is 74.7 Å². The van der Waals surface area contributed by atoms with Crippen molar-refractivity contribution < 1.29 is 21.9 Å². The number of allylic oxidation sites excluding steroid dienone is 1. The van der Waals surface area contributed by atoms with Crippen molar-refractivity contribution in [3.63, 3.8) is 0 Å². The molecule has 0 amide bonds. The highest BCUT2D eigenvalue weighted by Gasteiger charge is 2.53. The van der Waals surface area contributed by atoms with Crippen LogP contribution in [-0.4, -0.2) is 31.7 Å². The summed E-state index contributed by atoms with van der Waals surface area (Å²) >= 11 is 0. The molecule has 2 aromatic carbocycles. The number of benzene rings is 2. The molecule has 4 rings (SSSR count). The molecule has 3 aromatic rings. The van der Waals surface area contributed by atoms with Gasteiger partial charge in [-0.25, -0.2) is 0 Å².